The number of rotatable bonds is 4. The minimum atomic E-state index is 0.166. The highest BCUT2D eigenvalue weighted by Gasteiger charge is 2.34. The summed E-state index contributed by atoms with van der Waals surface area (Å²) in [4.78, 5) is 0. The Balaban J connectivity index is 2.40. The molecule has 1 fully saturated rings. The van der Waals surface area contributed by atoms with Gasteiger partial charge in [-0.3, -0.25) is 0 Å². The Labute approximate surface area is 89.5 Å². The summed E-state index contributed by atoms with van der Waals surface area (Å²) in [6.07, 6.45) is 9.24. The summed E-state index contributed by atoms with van der Waals surface area (Å²) in [6.45, 7) is 6.87. The Hall–Kier alpha value is -0.0400. The summed E-state index contributed by atoms with van der Waals surface area (Å²) in [5, 5.41) is 0. The second kappa shape index (κ2) is 5.16. The van der Waals surface area contributed by atoms with Crippen molar-refractivity contribution in [1.82, 2.24) is 0 Å². The van der Waals surface area contributed by atoms with Crippen LogP contribution >= 0.6 is 0 Å². The van der Waals surface area contributed by atoms with E-state index in [9.17, 15) is 0 Å². The molecule has 1 rings (SSSR count). The Bertz CT molecular complexity index is 157. The lowest BCUT2D eigenvalue weighted by Gasteiger charge is -2.41. The van der Waals surface area contributed by atoms with Crippen LogP contribution in [0.2, 0.25) is 0 Å². The maximum absolute atomic E-state index is 6.47. The maximum Gasteiger partial charge on any atom is 0.0180 e. The Morgan fingerprint density at radius 1 is 1.29 bits per heavy atom. The van der Waals surface area contributed by atoms with E-state index < -0.39 is 0 Å². The molecule has 1 heteroatoms. The lowest BCUT2D eigenvalue weighted by molar-refractivity contribution is 0.162. The van der Waals surface area contributed by atoms with Crippen LogP contribution in [0.4, 0.5) is 0 Å². The molecule has 2 N–H and O–H groups in total. The van der Waals surface area contributed by atoms with Gasteiger partial charge in [0, 0.05) is 5.54 Å². The van der Waals surface area contributed by atoms with E-state index in [2.05, 4.69) is 20.8 Å². The van der Waals surface area contributed by atoms with E-state index >= 15 is 0 Å². The molecule has 0 saturated heterocycles. The molecule has 0 aromatic carbocycles. The fourth-order valence-corrected chi connectivity index (χ4v) is 2.81. The number of hydrogen-bond acceptors (Lipinski definition) is 1. The number of nitrogens with two attached hydrogens (primary N) is 1. The lowest BCUT2D eigenvalue weighted by Crippen LogP contribution is -2.48. The van der Waals surface area contributed by atoms with Gasteiger partial charge in [0.05, 0.1) is 0 Å². The van der Waals surface area contributed by atoms with Crippen LogP contribution in [0.5, 0.6) is 0 Å². The summed E-state index contributed by atoms with van der Waals surface area (Å²) in [5.41, 5.74) is 6.64. The molecule has 84 valence electrons. The van der Waals surface area contributed by atoms with Crippen molar-refractivity contribution in [2.75, 3.05) is 0 Å². The molecule has 0 radical (unpaired) electrons. The normalized spacial score (nSPS) is 35.6. The SMILES string of the molecule is CCCC1CCC(N)(C(C)CC)CC1. The van der Waals surface area contributed by atoms with Gasteiger partial charge in [0.1, 0.15) is 0 Å². The Morgan fingerprint density at radius 2 is 1.86 bits per heavy atom. The summed E-state index contributed by atoms with van der Waals surface area (Å²) in [5.74, 6) is 1.67. The van der Waals surface area contributed by atoms with Crippen LogP contribution in [-0.2, 0) is 0 Å². The van der Waals surface area contributed by atoms with E-state index in [4.69, 9.17) is 5.73 Å². The molecular weight excluding hydrogens is 170 g/mol. The zero-order valence-electron chi connectivity index (χ0n) is 10.2. The minimum Gasteiger partial charge on any atom is -0.325 e. The van der Waals surface area contributed by atoms with E-state index in [0.29, 0.717) is 5.92 Å². The highest BCUT2D eigenvalue weighted by atomic mass is 14.8. The Morgan fingerprint density at radius 3 is 2.29 bits per heavy atom. The molecule has 14 heavy (non-hydrogen) atoms. The van der Waals surface area contributed by atoms with Gasteiger partial charge in [-0.2, -0.15) is 0 Å². The van der Waals surface area contributed by atoms with E-state index in [1.165, 1.54) is 44.9 Å². The first-order valence-electron chi connectivity index (χ1n) is 6.41. The van der Waals surface area contributed by atoms with Gasteiger partial charge < -0.3 is 5.73 Å². The largest absolute Gasteiger partial charge is 0.325 e. The van der Waals surface area contributed by atoms with Gasteiger partial charge in [0.25, 0.3) is 0 Å². The highest BCUT2D eigenvalue weighted by Crippen LogP contribution is 2.37. The monoisotopic (exact) mass is 197 g/mol. The van der Waals surface area contributed by atoms with Crippen LogP contribution in [0, 0.1) is 11.8 Å². The molecule has 0 amide bonds. The smallest absolute Gasteiger partial charge is 0.0180 e. The molecule has 0 aromatic rings. The predicted molar refractivity (Wildman–Crippen MR) is 63.2 cm³/mol. The predicted octanol–water partition coefficient (Wildman–Crippen LogP) is 3.72. The second-order valence-electron chi connectivity index (χ2n) is 5.27. The first-order valence-corrected chi connectivity index (χ1v) is 6.41. The van der Waals surface area contributed by atoms with E-state index in [-0.39, 0.29) is 5.54 Å². The molecule has 1 aliphatic rings. The first-order chi connectivity index (χ1) is 6.62. The van der Waals surface area contributed by atoms with Crippen molar-refractivity contribution in [3.8, 4) is 0 Å². The first kappa shape index (κ1) is 12.0. The van der Waals surface area contributed by atoms with Crippen molar-refractivity contribution >= 4 is 0 Å². The van der Waals surface area contributed by atoms with E-state index in [1.807, 2.05) is 0 Å². The topological polar surface area (TPSA) is 26.0 Å². The summed E-state index contributed by atoms with van der Waals surface area (Å²) in [7, 11) is 0. The van der Waals surface area contributed by atoms with Crippen LogP contribution in [0.1, 0.15) is 65.7 Å². The molecule has 0 spiro atoms. The van der Waals surface area contributed by atoms with Crippen LogP contribution in [0.25, 0.3) is 0 Å². The van der Waals surface area contributed by atoms with Crippen LogP contribution in [0.15, 0.2) is 0 Å². The third-order valence-corrected chi connectivity index (χ3v) is 4.33. The molecular formula is C13H27N. The average molecular weight is 197 g/mol. The van der Waals surface area contributed by atoms with Crippen molar-refractivity contribution in [3.05, 3.63) is 0 Å². The Kier molecular flexibility index (Phi) is 4.43. The second-order valence-corrected chi connectivity index (χ2v) is 5.27. The van der Waals surface area contributed by atoms with Gasteiger partial charge in [-0.25, -0.2) is 0 Å². The van der Waals surface area contributed by atoms with Gasteiger partial charge in [0.2, 0.25) is 0 Å². The number of hydrogen-bond donors (Lipinski definition) is 1. The van der Waals surface area contributed by atoms with Crippen LogP contribution in [-0.4, -0.2) is 5.54 Å². The zero-order valence-corrected chi connectivity index (χ0v) is 10.2. The standard InChI is InChI=1S/C13H27N/c1-4-6-12-7-9-13(14,10-8-12)11(3)5-2/h11-12H,4-10,14H2,1-3H3. The van der Waals surface area contributed by atoms with Gasteiger partial charge in [-0.15, -0.1) is 0 Å². The summed E-state index contributed by atoms with van der Waals surface area (Å²) < 4.78 is 0. The van der Waals surface area contributed by atoms with E-state index in [1.54, 1.807) is 0 Å². The zero-order chi connectivity index (χ0) is 10.6. The molecule has 0 heterocycles. The molecule has 1 aliphatic carbocycles. The molecule has 1 unspecified atom stereocenters. The third-order valence-electron chi connectivity index (χ3n) is 4.33. The third kappa shape index (κ3) is 2.73. The molecule has 0 aliphatic heterocycles. The van der Waals surface area contributed by atoms with Crippen LogP contribution in [0.3, 0.4) is 0 Å². The summed E-state index contributed by atoms with van der Waals surface area (Å²) in [6, 6.07) is 0. The van der Waals surface area contributed by atoms with Gasteiger partial charge in [-0.05, 0) is 37.5 Å². The van der Waals surface area contributed by atoms with Crippen molar-refractivity contribution in [2.45, 2.75) is 71.3 Å². The van der Waals surface area contributed by atoms with Gasteiger partial charge in [0.15, 0.2) is 0 Å². The molecule has 0 aromatic heterocycles. The van der Waals surface area contributed by atoms with Crippen molar-refractivity contribution in [1.29, 1.82) is 0 Å². The maximum atomic E-state index is 6.47. The minimum absolute atomic E-state index is 0.166. The lowest BCUT2D eigenvalue weighted by atomic mass is 9.69. The van der Waals surface area contributed by atoms with E-state index in [0.717, 1.165) is 5.92 Å². The van der Waals surface area contributed by atoms with Gasteiger partial charge >= 0.3 is 0 Å². The highest BCUT2D eigenvalue weighted by molar-refractivity contribution is 4.93. The van der Waals surface area contributed by atoms with Gasteiger partial charge in [-0.1, -0.05) is 40.0 Å². The summed E-state index contributed by atoms with van der Waals surface area (Å²) >= 11 is 0. The quantitative estimate of drug-likeness (QED) is 0.730. The fourth-order valence-electron chi connectivity index (χ4n) is 2.81. The molecule has 1 atom stereocenters. The molecule has 0 bridgehead atoms. The van der Waals surface area contributed by atoms with Crippen LogP contribution < -0.4 is 5.73 Å². The van der Waals surface area contributed by atoms with Crippen molar-refractivity contribution < 1.29 is 0 Å². The molecule has 1 saturated carbocycles. The average Bonchev–Trinajstić information content (AvgIpc) is 2.21. The fraction of sp³-hybridized carbons (Fsp3) is 1.00. The van der Waals surface area contributed by atoms with Crippen molar-refractivity contribution in [3.63, 3.8) is 0 Å². The molecule has 1 nitrogen and oxygen atoms in total. The van der Waals surface area contributed by atoms with Crippen molar-refractivity contribution in [2.24, 2.45) is 17.6 Å².